The number of thioether (sulfide) groups is 1. The number of amides is 1. The average Bonchev–Trinajstić information content (AvgIpc) is 2.48. The zero-order valence-corrected chi connectivity index (χ0v) is 12.0. The van der Waals surface area contributed by atoms with Crippen LogP contribution in [0.3, 0.4) is 0 Å². The molecule has 1 amide bonds. The van der Waals surface area contributed by atoms with Crippen LogP contribution in [0.2, 0.25) is 0 Å². The molecule has 1 N–H and O–H groups in total. The standard InChI is InChI=1S/C16H16FNOS/c1-12(11-20-15-5-3-2-4-6-15)16(19)18-14-9-7-13(17)8-10-14/h2-10,12H,11H2,1H3,(H,18,19). The van der Waals surface area contributed by atoms with Gasteiger partial charge in [0.25, 0.3) is 0 Å². The van der Waals surface area contributed by atoms with E-state index in [0.717, 1.165) is 4.90 Å². The SMILES string of the molecule is CC(CSc1ccccc1)C(=O)Nc1ccc(F)cc1. The van der Waals surface area contributed by atoms with Crippen molar-refractivity contribution >= 4 is 23.4 Å². The number of benzene rings is 2. The Morgan fingerprint density at radius 1 is 1.15 bits per heavy atom. The third-order valence-corrected chi connectivity index (χ3v) is 4.07. The highest BCUT2D eigenvalue weighted by Gasteiger charge is 2.13. The van der Waals surface area contributed by atoms with Crippen molar-refractivity contribution in [3.05, 3.63) is 60.4 Å². The van der Waals surface area contributed by atoms with Crippen molar-refractivity contribution < 1.29 is 9.18 Å². The molecular formula is C16H16FNOS. The van der Waals surface area contributed by atoms with Crippen LogP contribution in [0.4, 0.5) is 10.1 Å². The van der Waals surface area contributed by atoms with Crippen LogP contribution in [-0.2, 0) is 4.79 Å². The summed E-state index contributed by atoms with van der Waals surface area (Å²) in [6.45, 7) is 1.88. The van der Waals surface area contributed by atoms with Gasteiger partial charge >= 0.3 is 0 Å². The minimum Gasteiger partial charge on any atom is -0.326 e. The van der Waals surface area contributed by atoms with E-state index in [9.17, 15) is 9.18 Å². The minimum absolute atomic E-state index is 0.0555. The van der Waals surface area contributed by atoms with Gasteiger partial charge in [-0.2, -0.15) is 0 Å². The van der Waals surface area contributed by atoms with Crippen LogP contribution in [0, 0.1) is 11.7 Å². The summed E-state index contributed by atoms with van der Waals surface area (Å²) < 4.78 is 12.8. The van der Waals surface area contributed by atoms with Gasteiger partial charge in [-0.25, -0.2) is 4.39 Å². The maximum absolute atomic E-state index is 12.8. The molecular weight excluding hydrogens is 273 g/mol. The van der Waals surface area contributed by atoms with Crippen molar-refractivity contribution in [3.63, 3.8) is 0 Å². The maximum Gasteiger partial charge on any atom is 0.228 e. The summed E-state index contributed by atoms with van der Waals surface area (Å²) in [4.78, 5) is 13.1. The molecule has 20 heavy (non-hydrogen) atoms. The van der Waals surface area contributed by atoms with Crippen LogP contribution in [0.15, 0.2) is 59.5 Å². The summed E-state index contributed by atoms with van der Waals surface area (Å²) in [5.74, 6) is 0.220. The van der Waals surface area contributed by atoms with Crippen LogP contribution >= 0.6 is 11.8 Å². The van der Waals surface area contributed by atoms with E-state index in [-0.39, 0.29) is 17.6 Å². The molecule has 1 atom stereocenters. The molecule has 0 aliphatic carbocycles. The van der Waals surface area contributed by atoms with Gasteiger partial charge in [0.05, 0.1) is 0 Å². The molecule has 0 saturated carbocycles. The smallest absolute Gasteiger partial charge is 0.228 e. The van der Waals surface area contributed by atoms with Gasteiger partial charge in [0.2, 0.25) is 5.91 Å². The molecule has 0 bridgehead atoms. The lowest BCUT2D eigenvalue weighted by atomic mass is 10.2. The van der Waals surface area contributed by atoms with Gasteiger partial charge in [-0.05, 0) is 36.4 Å². The van der Waals surface area contributed by atoms with Crippen LogP contribution in [-0.4, -0.2) is 11.7 Å². The number of rotatable bonds is 5. The first kappa shape index (κ1) is 14.6. The van der Waals surface area contributed by atoms with E-state index in [2.05, 4.69) is 5.32 Å². The first-order chi connectivity index (χ1) is 9.65. The van der Waals surface area contributed by atoms with E-state index in [4.69, 9.17) is 0 Å². The Labute approximate surface area is 122 Å². The molecule has 0 spiro atoms. The Hall–Kier alpha value is -1.81. The minimum atomic E-state index is -0.310. The fourth-order valence-electron chi connectivity index (χ4n) is 1.61. The molecule has 1 unspecified atom stereocenters. The van der Waals surface area contributed by atoms with E-state index in [1.165, 1.54) is 12.1 Å². The van der Waals surface area contributed by atoms with Crippen LogP contribution in [0.5, 0.6) is 0 Å². The predicted octanol–water partition coefficient (Wildman–Crippen LogP) is 4.19. The molecule has 0 radical (unpaired) electrons. The normalized spacial score (nSPS) is 11.9. The summed E-state index contributed by atoms with van der Waals surface area (Å²) in [5.41, 5.74) is 0.618. The second-order valence-corrected chi connectivity index (χ2v) is 5.61. The van der Waals surface area contributed by atoms with E-state index in [0.29, 0.717) is 11.4 Å². The number of carbonyl (C=O) groups is 1. The van der Waals surface area contributed by atoms with Crippen molar-refractivity contribution in [2.24, 2.45) is 5.92 Å². The summed E-state index contributed by atoms with van der Waals surface area (Å²) in [6, 6.07) is 15.8. The molecule has 2 nitrogen and oxygen atoms in total. The van der Waals surface area contributed by atoms with Crippen molar-refractivity contribution in [2.45, 2.75) is 11.8 Å². The first-order valence-corrected chi connectivity index (χ1v) is 7.38. The predicted molar refractivity (Wildman–Crippen MR) is 81.4 cm³/mol. The van der Waals surface area contributed by atoms with E-state index in [1.54, 1.807) is 23.9 Å². The van der Waals surface area contributed by atoms with Gasteiger partial charge < -0.3 is 5.32 Å². The summed E-state index contributed by atoms with van der Waals surface area (Å²) in [6.07, 6.45) is 0. The van der Waals surface area contributed by atoms with Gasteiger partial charge in [0.15, 0.2) is 0 Å². The number of carbonyl (C=O) groups excluding carboxylic acids is 1. The summed E-state index contributed by atoms with van der Waals surface area (Å²) >= 11 is 1.65. The van der Waals surface area contributed by atoms with Crippen LogP contribution in [0.1, 0.15) is 6.92 Å². The molecule has 104 valence electrons. The van der Waals surface area contributed by atoms with Gasteiger partial charge in [-0.15, -0.1) is 11.8 Å². The Morgan fingerprint density at radius 2 is 1.80 bits per heavy atom. The Balaban J connectivity index is 1.84. The molecule has 0 aliphatic heterocycles. The van der Waals surface area contributed by atoms with Crippen molar-refractivity contribution in [3.8, 4) is 0 Å². The zero-order chi connectivity index (χ0) is 14.4. The zero-order valence-electron chi connectivity index (χ0n) is 11.2. The molecule has 2 aromatic rings. The molecule has 0 fully saturated rings. The lowest BCUT2D eigenvalue weighted by Gasteiger charge is -2.12. The molecule has 0 aliphatic rings. The molecule has 4 heteroatoms. The topological polar surface area (TPSA) is 29.1 Å². The number of halogens is 1. The lowest BCUT2D eigenvalue weighted by molar-refractivity contribution is -0.118. The van der Waals surface area contributed by atoms with E-state index >= 15 is 0 Å². The molecule has 2 aromatic carbocycles. The highest BCUT2D eigenvalue weighted by Crippen LogP contribution is 2.21. The third kappa shape index (κ3) is 4.38. The molecule has 2 rings (SSSR count). The van der Waals surface area contributed by atoms with Crippen LogP contribution < -0.4 is 5.32 Å². The van der Waals surface area contributed by atoms with Crippen LogP contribution in [0.25, 0.3) is 0 Å². The second kappa shape index (κ2) is 7.10. The van der Waals surface area contributed by atoms with Gasteiger partial charge in [0, 0.05) is 22.3 Å². The van der Waals surface area contributed by atoms with Gasteiger partial charge in [-0.3, -0.25) is 4.79 Å². The fraction of sp³-hybridized carbons (Fsp3) is 0.188. The first-order valence-electron chi connectivity index (χ1n) is 6.39. The van der Waals surface area contributed by atoms with Crippen molar-refractivity contribution in [1.82, 2.24) is 0 Å². The largest absolute Gasteiger partial charge is 0.326 e. The highest BCUT2D eigenvalue weighted by atomic mass is 32.2. The van der Waals surface area contributed by atoms with Gasteiger partial charge in [0.1, 0.15) is 5.82 Å². The molecule has 0 aromatic heterocycles. The van der Waals surface area contributed by atoms with Gasteiger partial charge in [-0.1, -0.05) is 25.1 Å². The number of nitrogens with one attached hydrogen (secondary N) is 1. The van der Waals surface area contributed by atoms with Crippen molar-refractivity contribution in [2.75, 3.05) is 11.1 Å². The Morgan fingerprint density at radius 3 is 2.45 bits per heavy atom. The molecule has 0 saturated heterocycles. The average molecular weight is 289 g/mol. The Kier molecular flexibility index (Phi) is 5.18. The number of anilines is 1. The maximum atomic E-state index is 12.8. The fourth-order valence-corrected chi connectivity index (χ4v) is 2.56. The Bertz CT molecular complexity index is 556. The summed E-state index contributed by atoms with van der Waals surface area (Å²) in [5, 5.41) is 2.79. The third-order valence-electron chi connectivity index (χ3n) is 2.80. The number of hydrogen-bond donors (Lipinski definition) is 1. The lowest BCUT2D eigenvalue weighted by Crippen LogP contribution is -2.22. The van der Waals surface area contributed by atoms with E-state index < -0.39 is 0 Å². The van der Waals surface area contributed by atoms with Crippen molar-refractivity contribution in [1.29, 1.82) is 0 Å². The number of hydrogen-bond acceptors (Lipinski definition) is 2. The monoisotopic (exact) mass is 289 g/mol. The molecule has 0 heterocycles. The highest BCUT2D eigenvalue weighted by molar-refractivity contribution is 7.99. The summed E-state index contributed by atoms with van der Waals surface area (Å²) in [7, 11) is 0. The van der Waals surface area contributed by atoms with E-state index in [1.807, 2.05) is 37.3 Å². The quantitative estimate of drug-likeness (QED) is 0.836. The second-order valence-electron chi connectivity index (χ2n) is 4.52.